The second-order valence-corrected chi connectivity index (χ2v) is 5.63. The minimum absolute atomic E-state index is 0.153. The summed E-state index contributed by atoms with van der Waals surface area (Å²) < 4.78 is 14.4. The Morgan fingerprint density at radius 3 is 2.72 bits per heavy atom. The van der Waals surface area contributed by atoms with E-state index >= 15 is 0 Å². The standard InChI is InChI=1S/C18H17FN4O2/c1-12-8-17(24)23(11-22-12)7-6-20-18(25)16-9-14(10-21-16)13-2-4-15(19)5-3-13/h2-5,8-11,21H,6-7H2,1H3,(H,20,25). The zero-order valence-electron chi connectivity index (χ0n) is 13.6. The van der Waals surface area contributed by atoms with Crippen LogP contribution in [0.4, 0.5) is 4.39 Å². The number of nitrogens with one attached hydrogen (secondary N) is 2. The third-order valence-corrected chi connectivity index (χ3v) is 3.76. The van der Waals surface area contributed by atoms with Crippen LogP contribution in [0.15, 0.2) is 53.7 Å². The topological polar surface area (TPSA) is 79.8 Å². The van der Waals surface area contributed by atoms with E-state index in [1.54, 1.807) is 31.3 Å². The largest absolute Gasteiger partial charge is 0.357 e. The van der Waals surface area contributed by atoms with Gasteiger partial charge in [0.2, 0.25) is 0 Å². The molecule has 3 aromatic rings. The van der Waals surface area contributed by atoms with Crippen molar-refractivity contribution in [3.8, 4) is 11.1 Å². The van der Waals surface area contributed by atoms with Crippen LogP contribution in [0.25, 0.3) is 11.1 Å². The molecule has 128 valence electrons. The van der Waals surface area contributed by atoms with Gasteiger partial charge < -0.3 is 10.3 Å². The maximum absolute atomic E-state index is 13.0. The van der Waals surface area contributed by atoms with Crippen LogP contribution in [0.2, 0.25) is 0 Å². The van der Waals surface area contributed by atoms with Gasteiger partial charge in [-0.1, -0.05) is 12.1 Å². The van der Waals surface area contributed by atoms with E-state index in [-0.39, 0.29) is 17.3 Å². The van der Waals surface area contributed by atoms with Gasteiger partial charge in [-0.05, 0) is 36.2 Å². The van der Waals surface area contributed by atoms with E-state index in [0.29, 0.717) is 24.5 Å². The quantitative estimate of drug-likeness (QED) is 0.747. The zero-order valence-corrected chi connectivity index (χ0v) is 13.6. The first-order chi connectivity index (χ1) is 12.0. The summed E-state index contributed by atoms with van der Waals surface area (Å²) in [6.45, 7) is 2.38. The molecule has 6 nitrogen and oxygen atoms in total. The number of hydrogen-bond donors (Lipinski definition) is 2. The van der Waals surface area contributed by atoms with Gasteiger partial charge in [-0.3, -0.25) is 14.2 Å². The number of aromatic nitrogens is 3. The summed E-state index contributed by atoms with van der Waals surface area (Å²) in [5, 5.41) is 2.75. The maximum atomic E-state index is 13.0. The summed E-state index contributed by atoms with van der Waals surface area (Å²) in [7, 11) is 0. The van der Waals surface area contributed by atoms with Crippen molar-refractivity contribution in [1.29, 1.82) is 0 Å². The van der Waals surface area contributed by atoms with E-state index in [1.807, 2.05) is 0 Å². The van der Waals surface area contributed by atoms with Crippen LogP contribution in [0, 0.1) is 12.7 Å². The molecular weight excluding hydrogens is 323 g/mol. The Balaban J connectivity index is 1.60. The Morgan fingerprint density at radius 2 is 2.00 bits per heavy atom. The van der Waals surface area contributed by atoms with Gasteiger partial charge in [-0.2, -0.15) is 0 Å². The molecule has 0 radical (unpaired) electrons. The molecule has 0 atom stereocenters. The Bertz CT molecular complexity index is 944. The third-order valence-electron chi connectivity index (χ3n) is 3.76. The van der Waals surface area contributed by atoms with E-state index in [1.165, 1.54) is 29.1 Å². The molecule has 0 spiro atoms. The molecule has 0 aliphatic carbocycles. The monoisotopic (exact) mass is 340 g/mol. The molecule has 25 heavy (non-hydrogen) atoms. The van der Waals surface area contributed by atoms with Crippen molar-refractivity contribution in [3.05, 3.63) is 76.5 Å². The number of benzene rings is 1. The Labute approximate surface area is 143 Å². The molecule has 1 amide bonds. The number of carbonyl (C=O) groups excluding carboxylic acids is 1. The van der Waals surface area contributed by atoms with Crippen molar-refractivity contribution >= 4 is 5.91 Å². The van der Waals surface area contributed by atoms with Crippen LogP contribution in [0.5, 0.6) is 0 Å². The van der Waals surface area contributed by atoms with Gasteiger partial charge >= 0.3 is 0 Å². The van der Waals surface area contributed by atoms with Gasteiger partial charge in [0.25, 0.3) is 11.5 Å². The van der Waals surface area contributed by atoms with Crippen LogP contribution < -0.4 is 10.9 Å². The Hall–Kier alpha value is -3.22. The number of aryl methyl sites for hydroxylation is 1. The lowest BCUT2D eigenvalue weighted by Gasteiger charge is -2.06. The van der Waals surface area contributed by atoms with Crippen molar-refractivity contribution in [1.82, 2.24) is 19.9 Å². The lowest BCUT2D eigenvalue weighted by molar-refractivity contribution is 0.0948. The van der Waals surface area contributed by atoms with Crippen molar-refractivity contribution < 1.29 is 9.18 Å². The molecule has 0 saturated carbocycles. The highest BCUT2D eigenvalue weighted by Crippen LogP contribution is 2.20. The van der Waals surface area contributed by atoms with Gasteiger partial charge in [0, 0.05) is 31.0 Å². The number of aromatic amines is 1. The number of hydrogen-bond acceptors (Lipinski definition) is 3. The molecule has 0 saturated heterocycles. The first kappa shape index (κ1) is 16.6. The second-order valence-electron chi connectivity index (χ2n) is 5.63. The van der Waals surface area contributed by atoms with E-state index in [9.17, 15) is 14.0 Å². The molecule has 1 aromatic carbocycles. The molecule has 2 heterocycles. The van der Waals surface area contributed by atoms with Crippen LogP contribution >= 0.6 is 0 Å². The highest BCUT2D eigenvalue weighted by Gasteiger charge is 2.09. The molecule has 0 aliphatic rings. The molecule has 0 aliphatic heterocycles. The number of carbonyl (C=O) groups is 1. The molecule has 7 heteroatoms. The normalized spacial score (nSPS) is 10.6. The van der Waals surface area contributed by atoms with Gasteiger partial charge in [-0.15, -0.1) is 0 Å². The summed E-state index contributed by atoms with van der Waals surface area (Å²) in [4.78, 5) is 30.9. The van der Waals surface area contributed by atoms with Crippen molar-refractivity contribution in [3.63, 3.8) is 0 Å². The van der Waals surface area contributed by atoms with E-state index < -0.39 is 0 Å². The minimum Gasteiger partial charge on any atom is -0.357 e. The summed E-state index contributed by atoms with van der Waals surface area (Å²) in [5.74, 6) is -0.584. The lowest BCUT2D eigenvalue weighted by atomic mass is 10.1. The highest BCUT2D eigenvalue weighted by atomic mass is 19.1. The number of halogens is 1. The fraction of sp³-hybridized carbons (Fsp3) is 0.167. The number of nitrogens with zero attached hydrogens (tertiary/aromatic N) is 2. The average molecular weight is 340 g/mol. The number of rotatable bonds is 5. The molecular formula is C18H17FN4O2. The van der Waals surface area contributed by atoms with Gasteiger partial charge in [0.05, 0.1) is 6.33 Å². The fourth-order valence-electron chi connectivity index (χ4n) is 2.40. The predicted octanol–water partition coefficient (Wildman–Crippen LogP) is 2.12. The zero-order chi connectivity index (χ0) is 17.8. The number of amides is 1. The summed E-state index contributed by atoms with van der Waals surface area (Å²) in [6.07, 6.45) is 3.15. The SMILES string of the molecule is Cc1cc(=O)n(CCNC(=O)c2cc(-c3ccc(F)cc3)c[nH]2)cn1. The first-order valence-corrected chi connectivity index (χ1v) is 7.78. The fourth-order valence-corrected chi connectivity index (χ4v) is 2.40. The number of H-pyrrole nitrogens is 1. The van der Waals surface area contributed by atoms with Gasteiger partial charge in [-0.25, -0.2) is 9.37 Å². The van der Waals surface area contributed by atoms with E-state index in [0.717, 1.165) is 11.1 Å². The lowest BCUT2D eigenvalue weighted by Crippen LogP contribution is -2.31. The van der Waals surface area contributed by atoms with Gasteiger partial charge in [0.15, 0.2) is 0 Å². The van der Waals surface area contributed by atoms with E-state index in [2.05, 4.69) is 15.3 Å². The van der Waals surface area contributed by atoms with Crippen LogP contribution in [0.1, 0.15) is 16.2 Å². The summed E-state index contributed by atoms with van der Waals surface area (Å²) in [6, 6.07) is 9.18. The van der Waals surface area contributed by atoms with Gasteiger partial charge in [0.1, 0.15) is 11.5 Å². The molecule has 0 bridgehead atoms. The highest BCUT2D eigenvalue weighted by molar-refractivity contribution is 5.93. The minimum atomic E-state index is -0.307. The predicted molar refractivity (Wildman–Crippen MR) is 91.8 cm³/mol. The maximum Gasteiger partial charge on any atom is 0.267 e. The molecule has 3 rings (SSSR count). The van der Waals surface area contributed by atoms with Crippen LogP contribution in [-0.2, 0) is 6.54 Å². The first-order valence-electron chi connectivity index (χ1n) is 7.78. The summed E-state index contributed by atoms with van der Waals surface area (Å²) in [5.41, 5.74) is 2.51. The Morgan fingerprint density at radius 1 is 1.24 bits per heavy atom. The molecule has 2 aromatic heterocycles. The summed E-state index contributed by atoms with van der Waals surface area (Å²) >= 11 is 0. The van der Waals surface area contributed by atoms with E-state index in [4.69, 9.17) is 0 Å². The smallest absolute Gasteiger partial charge is 0.267 e. The molecule has 0 unspecified atom stereocenters. The molecule has 2 N–H and O–H groups in total. The van der Waals surface area contributed by atoms with Crippen molar-refractivity contribution in [2.75, 3.05) is 6.54 Å². The average Bonchev–Trinajstić information content (AvgIpc) is 3.07. The van der Waals surface area contributed by atoms with Crippen molar-refractivity contribution in [2.45, 2.75) is 13.5 Å². The second kappa shape index (κ2) is 7.12. The van der Waals surface area contributed by atoms with Crippen molar-refractivity contribution in [2.24, 2.45) is 0 Å². The third kappa shape index (κ3) is 4.00. The van der Waals surface area contributed by atoms with Crippen LogP contribution in [0.3, 0.4) is 0 Å². The Kier molecular flexibility index (Phi) is 4.74. The van der Waals surface area contributed by atoms with Crippen LogP contribution in [-0.4, -0.2) is 27.0 Å². The molecule has 0 fully saturated rings.